The monoisotopic (exact) mass is 333 g/mol. The third-order valence-corrected chi connectivity index (χ3v) is 4.00. The van der Waals surface area contributed by atoms with Crippen molar-refractivity contribution in [1.29, 1.82) is 0 Å². The maximum atomic E-state index is 11.1. The third-order valence-electron chi connectivity index (χ3n) is 4.00. The minimum Gasteiger partial charge on any atom is -0.366 e. The van der Waals surface area contributed by atoms with Crippen molar-refractivity contribution in [2.45, 2.75) is 13.5 Å². The number of rotatable bonds is 4. The molecule has 0 saturated carbocycles. The lowest BCUT2D eigenvalue weighted by Gasteiger charge is -2.01. The molecule has 0 spiro atoms. The van der Waals surface area contributed by atoms with Gasteiger partial charge in [-0.2, -0.15) is 4.80 Å². The van der Waals surface area contributed by atoms with E-state index in [1.807, 2.05) is 35.7 Å². The summed E-state index contributed by atoms with van der Waals surface area (Å²) in [6.45, 7) is 2.42. The Bertz CT molecular complexity index is 1060. The summed E-state index contributed by atoms with van der Waals surface area (Å²) in [6, 6.07) is 12.7. The zero-order chi connectivity index (χ0) is 17.4. The van der Waals surface area contributed by atoms with Crippen LogP contribution in [-0.2, 0) is 6.54 Å². The van der Waals surface area contributed by atoms with Gasteiger partial charge in [-0.25, -0.2) is 4.98 Å². The summed E-state index contributed by atoms with van der Waals surface area (Å²) in [5.41, 5.74) is 9.28. The molecule has 0 fully saturated rings. The standard InChI is InChI=1S/C17H15N7O/c1-11-14(23-9-3-2-4-15(23)19-11)10-24-21-17(20-22-24)13-7-5-12(6-8-13)16(18)25/h2-9H,10H2,1H3,(H2,18,25). The molecular formula is C17H15N7O. The normalized spacial score (nSPS) is 11.1. The van der Waals surface area contributed by atoms with Gasteiger partial charge in [0.15, 0.2) is 0 Å². The highest BCUT2D eigenvalue weighted by atomic mass is 16.1. The zero-order valence-electron chi connectivity index (χ0n) is 13.5. The molecule has 0 unspecified atom stereocenters. The fourth-order valence-corrected chi connectivity index (χ4v) is 2.70. The highest BCUT2D eigenvalue weighted by Crippen LogP contribution is 2.16. The first kappa shape index (κ1) is 15.0. The van der Waals surface area contributed by atoms with Crippen LogP contribution in [-0.4, -0.2) is 35.5 Å². The first-order chi connectivity index (χ1) is 12.1. The molecule has 124 valence electrons. The number of nitrogens with zero attached hydrogens (tertiary/aromatic N) is 6. The van der Waals surface area contributed by atoms with Crippen molar-refractivity contribution in [2.75, 3.05) is 0 Å². The molecule has 0 bridgehead atoms. The highest BCUT2D eigenvalue weighted by molar-refractivity contribution is 5.93. The Morgan fingerprint density at radius 2 is 1.96 bits per heavy atom. The lowest BCUT2D eigenvalue weighted by atomic mass is 10.1. The van der Waals surface area contributed by atoms with Gasteiger partial charge in [0.1, 0.15) is 12.2 Å². The number of hydrogen-bond donors (Lipinski definition) is 1. The molecule has 1 amide bonds. The summed E-state index contributed by atoms with van der Waals surface area (Å²) in [5, 5.41) is 12.6. The molecule has 25 heavy (non-hydrogen) atoms. The van der Waals surface area contributed by atoms with Crippen LogP contribution in [0.5, 0.6) is 0 Å². The Labute approximate surface area is 142 Å². The van der Waals surface area contributed by atoms with Crippen LogP contribution in [0.4, 0.5) is 0 Å². The molecule has 0 aliphatic rings. The smallest absolute Gasteiger partial charge is 0.248 e. The Morgan fingerprint density at radius 1 is 1.16 bits per heavy atom. The molecule has 0 atom stereocenters. The van der Waals surface area contributed by atoms with E-state index in [2.05, 4.69) is 20.4 Å². The maximum Gasteiger partial charge on any atom is 0.248 e. The van der Waals surface area contributed by atoms with Crippen molar-refractivity contribution in [3.05, 3.63) is 65.6 Å². The van der Waals surface area contributed by atoms with Crippen LogP contribution < -0.4 is 5.73 Å². The van der Waals surface area contributed by atoms with Crippen LogP contribution in [0.2, 0.25) is 0 Å². The quantitative estimate of drug-likeness (QED) is 0.608. The number of aromatic nitrogens is 6. The Balaban J connectivity index is 1.63. The molecule has 2 N–H and O–H groups in total. The minimum atomic E-state index is -0.466. The van der Waals surface area contributed by atoms with Crippen molar-refractivity contribution in [2.24, 2.45) is 5.73 Å². The van der Waals surface area contributed by atoms with E-state index < -0.39 is 5.91 Å². The van der Waals surface area contributed by atoms with E-state index in [1.165, 1.54) is 4.80 Å². The van der Waals surface area contributed by atoms with Gasteiger partial charge in [0.2, 0.25) is 11.7 Å². The number of imidazole rings is 1. The molecule has 4 aromatic rings. The molecule has 1 aromatic carbocycles. The van der Waals surface area contributed by atoms with E-state index in [0.717, 1.165) is 22.6 Å². The van der Waals surface area contributed by atoms with Crippen LogP contribution in [0, 0.1) is 6.92 Å². The van der Waals surface area contributed by atoms with Crippen molar-refractivity contribution in [3.63, 3.8) is 0 Å². The summed E-state index contributed by atoms with van der Waals surface area (Å²) in [4.78, 5) is 17.2. The number of benzene rings is 1. The molecule has 0 aliphatic heterocycles. The van der Waals surface area contributed by atoms with Crippen molar-refractivity contribution in [3.8, 4) is 11.4 Å². The second kappa shape index (κ2) is 5.82. The van der Waals surface area contributed by atoms with Gasteiger partial charge in [-0.05, 0) is 36.4 Å². The van der Waals surface area contributed by atoms with Crippen molar-refractivity contribution < 1.29 is 4.79 Å². The van der Waals surface area contributed by atoms with E-state index in [0.29, 0.717) is 17.9 Å². The molecular weight excluding hydrogens is 318 g/mol. The first-order valence-corrected chi connectivity index (χ1v) is 7.72. The van der Waals surface area contributed by atoms with E-state index in [-0.39, 0.29) is 0 Å². The van der Waals surface area contributed by atoms with Gasteiger partial charge in [-0.15, -0.1) is 10.2 Å². The summed E-state index contributed by atoms with van der Waals surface area (Å²) in [5.74, 6) is 0.0220. The summed E-state index contributed by atoms with van der Waals surface area (Å²) in [7, 11) is 0. The van der Waals surface area contributed by atoms with Crippen molar-refractivity contribution >= 4 is 11.6 Å². The van der Waals surface area contributed by atoms with Crippen LogP contribution in [0.3, 0.4) is 0 Å². The zero-order valence-corrected chi connectivity index (χ0v) is 13.5. The van der Waals surface area contributed by atoms with Gasteiger partial charge in [-0.3, -0.25) is 4.79 Å². The van der Waals surface area contributed by atoms with Gasteiger partial charge < -0.3 is 10.1 Å². The number of tetrazole rings is 1. The third kappa shape index (κ3) is 2.74. The number of primary amides is 1. The molecule has 0 aliphatic carbocycles. The SMILES string of the molecule is Cc1nc2ccccn2c1Cn1nnc(-c2ccc(C(N)=O)cc2)n1. The second-order valence-electron chi connectivity index (χ2n) is 5.66. The minimum absolute atomic E-state index is 0.442. The molecule has 8 heteroatoms. The van der Waals surface area contributed by atoms with Crippen molar-refractivity contribution in [1.82, 2.24) is 29.6 Å². The average Bonchev–Trinajstić information content (AvgIpc) is 3.20. The molecule has 4 rings (SSSR count). The van der Waals surface area contributed by atoms with Gasteiger partial charge in [0.05, 0.1) is 11.4 Å². The van der Waals surface area contributed by atoms with Crippen LogP contribution in [0.1, 0.15) is 21.7 Å². The number of hydrogen-bond acceptors (Lipinski definition) is 5. The lowest BCUT2D eigenvalue weighted by molar-refractivity contribution is 0.100. The summed E-state index contributed by atoms with van der Waals surface area (Å²) < 4.78 is 2.01. The Kier molecular flexibility index (Phi) is 3.50. The Hall–Kier alpha value is -3.55. The van der Waals surface area contributed by atoms with E-state index in [1.54, 1.807) is 24.3 Å². The molecule has 3 aromatic heterocycles. The summed E-state index contributed by atoms with van der Waals surface area (Å²) in [6.07, 6.45) is 1.96. The predicted molar refractivity (Wildman–Crippen MR) is 90.8 cm³/mol. The second-order valence-corrected chi connectivity index (χ2v) is 5.66. The number of nitrogens with two attached hydrogens (primary N) is 1. The van der Waals surface area contributed by atoms with Crippen LogP contribution in [0.25, 0.3) is 17.0 Å². The van der Waals surface area contributed by atoms with Gasteiger partial charge in [-0.1, -0.05) is 18.2 Å². The van der Waals surface area contributed by atoms with E-state index >= 15 is 0 Å². The van der Waals surface area contributed by atoms with Gasteiger partial charge in [0, 0.05) is 17.3 Å². The number of amides is 1. The predicted octanol–water partition coefficient (Wildman–Crippen LogP) is 1.44. The fraction of sp³-hybridized carbons (Fsp3) is 0.118. The average molecular weight is 333 g/mol. The lowest BCUT2D eigenvalue weighted by Crippen LogP contribution is -2.10. The Morgan fingerprint density at radius 3 is 2.72 bits per heavy atom. The number of carbonyl (C=O) groups is 1. The topological polar surface area (TPSA) is 104 Å². The van der Waals surface area contributed by atoms with Gasteiger partial charge in [0.25, 0.3) is 0 Å². The highest BCUT2D eigenvalue weighted by Gasteiger charge is 2.12. The molecule has 3 heterocycles. The number of pyridine rings is 1. The summed E-state index contributed by atoms with van der Waals surface area (Å²) >= 11 is 0. The van der Waals surface area contributed by atoms with Crippen LogP contribution in [0.15, 0.2) is 48.7 Å². The number of aryl methyl sites for hydroxylation is 1. The maximum absolute atomic E-state index is 11.1. The van der Waals surface area contributed by atoms with E-state index in [4.69, 9.17) is 5.73 Å². The molecule has 0 radical (unpaired) electrons. The molecule has 0 saturated heterocycles. The number of fused-ring (bicyclic) bond motifs is 1. The first-order valence-electron chi connectivity index (χ1n) is 7.72. The largest absolute Gasteiger partial charge is 0.366 e. The van der Waals surface area contributed by atoms with Gasteiger partial charge >= 0.3 is 0 Å². The fourth-order valence-electron chi connectivity index (χ4n) is 2.70. The number of carbonyl (C=O) groups excluding carboxylic acids is 1. The van der Waals surface area contributed by atoms with E-state index in [9.17, 15) is 4.79 Å². The van der Waals surface area contributed by atoms with Crippen LogP contribution >= 0.6 is 0 Å². The molecule has 8 nitrogen and oxygen atoms in total.